The van der Waals surface area contributed by atoms with Crippen molar-refractivity contribution in [1.29, 1.82) is 0 Å². The Bertz CT molecular complexity index is 3950. The fourth-order valence-electron chi connectivity index (χ4n) is 12.3. The molecule has 0 heteroatoms. The molecule has 12 aromatic carbocycles. The van der Waals surface area contributed by atoms with E-state index in [0.29, 0.717) is 0 Å². The minimum absolute atomic E-state index is 0.0748. The average molecular weight is 863 g/mol. The van der Waals surface area contributed by atoms with E-state index < -0.39 is 0 Å². The zero-order valence-corrected chi connectivity index (χ0v) is 40.9. The highest BCUT2D eigenvalue weighted by atomic mass is 14.3. The monoisotopic (exact) mass is 862 g/mol. The van der Waals surface area contributed by atoms with E-state index in [1.165, 1.54) is 159 Å². The van der Waals surface area contributed by atoms with E-state index in [2.05, 4.69) is 228 Å². The van der Waals surface area contributed by atoms with Gasteiger partial charge in [0, 0.05) is 0 Å². The number of aryl methyl sites for hydroxylation is 5. The van der Waals surface area contributed by atoms with Gasteiger partial charge in [-0.25, -0.2) is 0 Å². The predicted molar refractivity (Wildman–Crippen MR) is 294 cm³/mol. The van der Waals surface area contributed by atoms with Gasteiger partial charge in [-0.05, 0) is 216 Å². The smallest absolute Gasteiger partial charge is 0.000718 e. The van der Waals surface area contributed by atoms with Crippen LogP contribution in [0.1, 0.15) is 80.5 Å². The zero-order valence-electron chi connectivity index (χ0n) is 40.9. The van der Waals surface area contributed by atoms with Crippen LogP contribution < -0.4 is 0 Å². The van der Waals surface area contributed by atoms with Crippen LogP contribution in [0.2, 0.25) is 0 Å². The number of fused-ring (bicyclic) bond motifs is 8. The van der Waals surface area contributed by atoms with Crippen molar-refractivity contribution in [2.45, 2.75) is 87.0 Å². The van der Waals surface area contributed by atoms with Crippen LogP contribution in [-0.4, -0.2) is 0 Å². The molecule has 0 bridgehead atoms. The average Bonchev–Trinajstić information content (AvgIpc) is 3.78. The summed E-state index contributed by atoms with van der Waals surface area (Å²) >= 11 is 0. The molecule has 0 radical (unpaired) electrons. The fourth-order valence-corrected chi connectivity index (χ4v) is 12.3. The molecule has 67 heavy (non-hydrogen) atoms. The van der Waals surface area contributed by atoms with Crippen molar-refractivity contribution < 1.29 is 0 Å². The standard InChI is InChI=1S/C67H58/c1-37-29-53-49(58-40(4)33-46(34-41(58)5)67(9,10)11)27-28-51-62(53)55(30-37)65-59(42-19-14-12-15-20-42)56-36-54-47-26-25-44(57-38(2)31-45(32-39(57)3)66(6,7)8)35-52(47)48-23-18-24-50(61(48)54)63(56)60(64(51)65)43-21-16-13-17-22-43/h12-36H,1-11H3. The summed E-state index contributed by atoms with van der Waals surface area (Å²) in [4.78, 5) is 0. The molecular formula is C67H58. The van der Waals surface area contributed by atoms with Crippen molar-refractivity contribution in [1.82, 2.24) is 0 Å². The highest BCUT2D eigenvalue weighted by Crippen LogP contribution is 2.56. The first-order valence-corrected chi connectivity index (χ1v) is 24.3. The van der Waals surface area contributed by atoms with Crippen LogP contribution >= 0.6 is 0 Å². The predicted octanol–water partition coefficient (Wildman–Crippen LogP) is 19.4. The maximum Gasteiger partial charge on any atom is -0.000718 e. The molecule has 0 aliphatic carbocycles. The molecule has 0 aliphatic rings. The number of rotatable bonds is 4. The maximum atomic E-state index is 2.57. The summed E-state index contributed by atoms with van der Waals surface area (Å²) in [5.41, 5.74) is 20.0. The number of benzene rings is 10. The van der Waals surface area contributed by atoms with E-state index in [9.17, 15) is 0 Å². The van der Waals surface area contributed by atoms with Crippen molar-refractivity contribution in [2.24, 2.45) is 0 Å². The van der Waals surface area contributed by atoms with E-state index in [-0.39, 0.29) is 10.8 Å². The Balaban J connectivity index is 1.25. The molecule has 0 N–H and O–H groups in total. The highest BCUT2D eigenvalue weighted by Gasteiger charge is 2.28. The Labute approximate surface area is 395 Å². The Morgan fingerprint density at radius 2 is 0.776 bits per heavy atom. The van der Waals surface area contributed by atoms with E-state index in [1.807, 2.05) is 0 Å². The second kappa shape index (κ2) is 14.5. The Morgan fingerprint density at radius 3 is 1.39 bits per heavy atom. The maximum absolute atomic E-state index is 2.57. The highest BCUT2D eigenvalue weighted by molar-refractivity contribution is 6.45. The third-order valence-electron chi connectivity index (χ3n) is 15.3. The number of hydrogen-bond acceptors (Lipinski definition) is 0. The van der Waals surface area contributed by atoms with Crippen molar-refractivity contribution >= 4 is 75.4 Å². The summed E-state index contributed by atoms with van der Waals surface area (Å²) in [5, 5.41) is 18.6. The van der Waals surface area contributed by atoms with Crippen LogP contribution in [0, 0.1) is 34.6 Å². The first kappa shape index (κ1) is 41.4. The lowest BCUT2D eigenvalue weighted by Gasteiger charge is -2.23. The van der Waals surface area contributed by atoms with E-state index in [1.54, 1.807) is 0 Å². The zero-order chi connectivity index (χ0) is 46.4. The van der Waals surface area contributed by atoms with E-state index >= 15 is 0 Å². The van der Waals surface area contributed by atoms with Crippen LogP contribution in [-0.2, 0) is 10.8 Å². The van der Waals surface area contributed by atoms with Gasteiger partial charge in [0.05, 0.1) is 0 Å². The molecule has 0 aromatic heterocycles. The summed E-state index contributed by atoms with van der Waals surface area (Å²) in [6.07, 6.45) is 0. The van der Waals surface area contributed by atoms with Crippen molar-refractivity contribution in [3.8, 4) is 44.5 Å². The quantitative estimate of drug-likeness (QED) is 0.155. The van der Waals surface area contributed by atoms with Crippen LogP contribution in [0.25, 0.3) is 120 Å². The first-order valence-electron chi connectivity index (χ1n) is 24.3. The molecule has 12 aromatic rings. The lowest BCUT2D eigenvalue weighted by atomic mass is 9.82. The van der Waals surface area contributed by atoms with Gasteiger partial charge in [0.1, 0.15) is 0 Å². The summed E-state index contributed by atoms with van der Waals surface area (Å²) in [5.74, 6) is 0. The van der Waals surface area contributed by atoms with Gasteiger partial charge in [-0.2, -0.15) is 0 Å². The van der Waals surface area contributed by atoms with Gasteiger partial charge in [0.2, 0.25) is 0 Å². The van der Waals surface area contributed by atoms with Crippen LogP contribution in [0.3, 0.4) is 0 Å². The van der Waals surface area contributed by atoms with Gasteiger partial charge in [0.15, 0.2) is 0 Å². The molecule has 0 fully saturated rings. The normalized spacial score (nSPS) is 12.7. The topological polar surface area (TPSA) is 0 Å². The van der Waals surface area contributed by atoms with E-state index in [4.69, 9.17) is 0 Å². The molecule has 0 amide bonds. The molecule has 0 atom stereocenters. The molecule has 326 valence electrons. The Morgan fingerprint density at radius 1 is 0.269 bits per heavy atom. The second-order valence-corrected chi connectivity index (χ2v) is 21.9. The summed E-state index contributed by atoms with van der Waals surface area (Å²) in [6, 6.07) is 58.9. The first-order chi connectivity index (χ1) is 32.1. The third kappa shape index (κ3) is 6.11. The van der Waals surface area contributed by atoms with Gasteiger partial charge in [0.25, 0.3) is 0 Å². The molecule has 12 rings (SSSR count). The summed E-state index contributed by atoms with van der Waals surface area (Å²) < 4.78 is 0. The molecule has 0 nitrogen and oxygen atoms in total. The molecule has 0 unspecified atom stereocenters. The third-order valence-corrected chi connectivity index (χ3v) is 15.3. The minimum atomic E-state index is 0.0748. The van der Waals surface area contributed by atoms with E-state index in [0.717, 1.165) is 0 Å². The Kier molecular flexibility index (Phi) is 8.96. The van der Waals surface area contributed by atoms with Crippen molar-refractivity contribution in [3.05, 3.63) is 191 Å². The van der Waals surface area contributed by atoms with Crippen LogP contribution in [0.15, 0.2) is 152 Å². The fraction of sp³-hybridized carbons (Fsp3) is 0.194. The minimum Gasteiger partial charge on any atom is -0.0622 e. The second-order valence-electron chi connectivity index (χ2n) is 21.9. The molecule has 0 saturated carbocycles. The van der Waals surface area contributed by atoms with Crippen molar-refractivity contribution in [3.63, 3.8) is 0 Å². The molecular weight excluding hydrogens is 805 g/mol. The Hall–Kier alpha value is -7.02. The largest absolute Gasteiger partial charge is 0.0622 e. The molecule has 0 spiro atoms. The molecule has 0 saturated heterocycles. The SMILES string of the molecule is Cc1cc2c(-c3c(C)cc(C(C)(C)C)cc3C)ccc3c4c(-c5ccccc5)c5c(cc6c7ccc(-c8c(C)cc(C(C)(C)C)cc8C)cc7c7cccc5c76)c(-c5ccccc5)c4c(c1)c23. The number of hydrogen-bond donors (Lipinski definition) is 0. The van der Waals surface area contributed by atoms with Crippen LogP contribution in [0.5, 0.6) is 0 Å². The van der Waals surface area contributed by atoms with Crippen molar-refractivity contribution in [2.75, 3.05) is 0 Å². The van der Waals surface area contributed by atoms with Gasteiger partial charge in [-0.15, -0.1) is 0 Å². The molecule has 0 heterocycles. The van der Waals surface area contributed by atoms with Gasteiger partial charge >= 0.3 is 0 Å². The van der Waals surface area contributed by atoms with Gasteiger partial charge in [-0.1, -0.05) is 181 Å². The lowest BCUT2D eigenvalue weighted by Crippen LogP contribution is -2.12. The van der Waals surface area contributed by atoms with Gasteiger partial charge in [-0.3, -0.25) is 0 Å². The van der Waals surface area contributed by atoms with Crippen LogP contribution in [0.4, 0.5) is 0 Å². The summed E-state index contributed by atoms with van der Waals surface area (Å²) in [7, 11) is 0. The lowest BCUT2D eigenvalue weighted by molar-refractivity contribution is 0.589. The van der Waals surface area contributed by atoms with Gasteiger partial charge < -0.3 is 0 Å². The molecule has 0 aliphatic heterocycles. The summed E-state index contributed by atoms with van der Waals surface area (Å²) in [6.45, 7) is 25.4.